The fraction of sp³-hybridized carbons (Fsp3) is 0.724. The molecule has 0 spiro atoms. The zero-order valence-corrected chi connectivity index (χ0v) is 22.9. The Hall–Kier alpha value is -1.12. The fourth-order valence-electron chi connectivity index (χ4n) is 5.97. The Morgan fingerprint density at radius 3 is 2.30 bits per heavy atom. The molecule has 2 fully saturated rings. The van der Waals surface area contributed by atoms with E-state index in [2.05, 4.69) is 59.1 Å². The van der Waals surface area contributed by atoms with Crippen LogP contribution in [0.1, 0.15) is 99.5 Å². The number of benzene rings is 1. The van der Waals surface area contributed by atoms with Crippen molar-refractivity contribution in [2.45, 2.75) is 109 Å². The van der Waals surface area contributed by atoms with Crippen LogP contribution >= 0.6 is 0 Å². The molecule has 33 heavy (non-hydrogen) atoms. The average Bonchev–Trinajstić information content (AvgIpc) is 3.64. The van der Waals surface area contributed by atoms with Gasteiger partial charge in [0, 0.05) is 27.3 Å². The van der Waals surface area contributed by atoms with Gasteiger partial charge in [0.1, 0.15) is 8.07 Å². The molecule has 1 aromatic rings. The molecule has 4 heteroatoms. The van der Waals surface area contributed by atoms with E-state index in [9.17, 15) is 10.2 Å². The lowest BCUT2D eigenvalue weighted by atomic mass is 9.83. The summed E-state index contributed by atoms with van der Waals surface area (Å²) in [5.41, 5.74) is 7.22. The predicted octanol–water partition coefficient (Wildman–Crippen LogP) is 6.09. The summed E-state index contributed by atoms with van der Waals surface area (Å²) in [6, 6.07) is 6.13. The first-order valence-corrected chi connectivity index (χ1v) is 15.3. The van der Waals surface area contributed by atoms with Crippen LogP contribution in [0.25, 0.3) is 0 Å². The molecule has 0 bridgehead atoms. The molecule has 2 aliphatic rings. The van der Waals surface area contributed by atoms with Crippen LogP contribution in [0.4, 0.5) is 0 Å². The minimum Gasteiger partial charge on any atom is -0.393 e. The molecule has 3 rings (SSSR count). The molecular weight excluding hydrogens is 422 g/mol. The van der Waals surface area contributed by atoms with Crippen LogP contribution in [0.15, 0.2) is 18.2 Å². The highest BCUT2D eigenvalue weighted by Crippen LogP contribution is 2.43. The Morgan fingerprint density at radius 2 is 1.76 bits per heavy atom. The SMILES string of the molecule is [2H]C([2H])(c1ccc(C#C[Si](C(C)C)(C(C)C)C(C)C)cc1C1CC1)N1CCC[C@H]([C@](C)(O)CO)C1. The molecule has 1 aliphatic heterocycles. The van der Waals surface area contributed by atoms with Gasteiger partial charge in [-0.1, -0.05) is 53.5 Å². The Balaban J connectivity index is 1.96. The van der Waals surface area contributed by atoms with Gasteiger partial charge in [0.05, 0.1) is 12.2 Å². The van der Waals surface area contributed by atoms with E-state index in [0.717, 1.165) is 42.4 Å². The standard InChI is InChI=1S/C29H47NO2Si/c1-21(2)33(22(3)4,23(5)6)16-14-24-10-11-26(28(17-24)25-12-13-25)18-30-15-8-9-27(19-30)29(7,32)20-31/h10-11,17,21-23,25,27,31-32H,8-9,12-13,15,18-20H2,1-7H3/t27-,29+/m0/s1/i18D2. The summed E-state index contributed by atoms with van der Waals surface area (Å²) in [5, 5.41) is 20.3. The van der Waals surface area contributed by atoms with Gasteiger partial charge < -0.3 is 10.2 Å². The number of aliphatic hydroxyl groups excluding tert-OH is 1. The van der Waals surface area contributed by atoms with Crippen molar-refractivity contribution in [2.24, 2.45) is 5.92 Å². The molecule has 3 nitrogen and oxygen atoms in total. The van der Waals surface area contributed by atoms with Crippen LogP contribution in [0, 0.1) is 17.4 Å². The fourth-order valence-corrected chi connectivity index (χ4v) is 11.2. The molecule has 1 saturated carbocycles. The summed E-state index contributed by atoms with van der Waals surface area (Å²) in [7, 11) is -1.83. The normalized spacial score (nSPS) is 23.2. The van der Waals surface area contributed by atoms with Crippen molar-refractivity contribution in [2.75, 3.05) is 19.7 Å². The second kappa shape index (κ2) is 10.6. The minimum atomic E-state index is -1.83. The second-order valence-corrected chi connectivity index (χ2v) is 17.2. The first-order valence-electron chi connectivity index (χ1n) is 14.0. The van der Waals surface area contributed by atoms with Crippen LogP contribution in [-0.4, -0.2) is 48.5 Å². The summed E-state index contributed by atoms with van der Waals surface area (Å²) >= 11 is 0. The van der Waals surface area contributed by atoms with Gasteiger partial charge in [0.25, 0.3) is 0 Å². The number of rotatable bonds is 8. The second-order valence-electron chi connectivity index (χ2n) is 11.6. The maximum Gasteiger partial charge on any atom is 0.146 e. The number of hydrogen-bond acceptors (Lipinski definition) is 3. The lowest BCUT2D eigenvalue weighted by Crippen LogP contribution is -2.48. The van der Waals surface area contributed by atoms with E-state index in [0.29, 0.717) is 35.6 Å². The summed E-state index contributed by atoms with van der Waals surface area (Å²) in [6.45, 7) is 14.8. The van der Waals surface area contributed by atoms with Gasteiger partial charge in [-0.15, -0.1) is 5.54 Å². The van der Waals surface area contributed by atoms with Gasteiger partial charge >= 0.3 is 0 Å². The highest BCUT2D eigenvalue weighted by molar-refractivity contribution is 6.90. The number of hydrogen-bond donors (Lipinski definition) is 2. The topological polar surface area (TPSA) is 43.7 Å². The Morgan fingerprint density at radius 1 is 1.12 bits per heavy atom. The van der Waals surface area contributed by atoms with Crippen molar-refractivity contribution >= 4 is 8.07 Å². The number of piperidine rings is 1. The van der Waals surface area contributed by atoms with Crippen LogP contribution in [0.5, 0.6) is 0 Å². The van der Waals surface area contributed by atoms with Crippen LogP contribution in [0.3, 0.4) is 0 Å². The maximum atomic E-state index is 10.6. The molecule has 1 aliphatic carbocycles. The van der Waals surface area contributed by atoms with E-state index in [1.54, 1.807) is 6.92 Å². The van der Waals surface area contributed by atoms with E-state index in [1.807, 2.05) is 17.0 Å². The largest absolute Gasteiger partial charge is 0.393 e. The molecule has 1 saturated heterocycles. The van der Waals surface area contributed by atoms with E-state index in [1.165, 1.54) is 0 Å². The van der Waals surface area contributed by atoms with E-state index in [-0.39, 0.29) is 12.5 Å². The first-order chi connectivity index (χ1) is 16.3. The highest BCUT2D eigenvalue weighted by atomic mass is 28.3. The summed E-state index contributed by atoms with van der Waals surface area (Å²) in [6.07, 6.45) is 3.82. The van der Waals surface area contributed by atoms with Crippen LogP contribution in [0.2, 0.25) is 16.6 Å². The van der Waals surface area contributed by atoms with Gasteiger partial charge in [-0.25, -0.2) is 0 Å². The lowest BCUT2D eigenvalue weighted by Gasteiger charge is -2.39. The zero-order valence-electron chi connectivity index (χ0n) is 23.9. The third kappa shape index (κ3) is 5.93. The van der Waals surface area contributed by atoms with Gasteiger partial charge in [0.15, 0.2) is 0 Å². The Kier molecular flexibility index (Phi) is 7.62. The van der Waals surface area contributed by atoms with Crippen molar-refractivity contribution in [1.29, 1.82) is 0 Å². The Bertz CT molecular complexity index is 922. The minimum absolute atomic E-state index is 0.146. The lowest BCUT2D eigenvalue weighted by molar-refractivity contribution is -0.0697. The van der Waals surface area contributed by atoms with Crippen molar-refractivity contribution in [3.05, 3.63) is 34.9 Å². The monoisotopic (exact) mass is 471 g/mol. The van der Waals surface area contributed by atoms with Gasteiger partial charge in [0.2, 0.25) is 0 Å². The zero-order chi connectivity index (χ0) is 26.2. The maximum absolute atomic E-state index is 10.6. The van der Waals surface area contributed by atoms with Crippen molar-refractivity contribution in [3.8, 4) is 11.5 Å². The van der Waals surface area contributed by atoms with E-state index < -0.39 is 20.2 Å². The molecule has 0 amide bonds. The third-order valence-electron chi connectivity index (χ3n) is 8.26. The van der Waals surface area contributed by atoms with Gasteiger partial charge in [-0.3, -0.25) is 4.90 Å². The number of nitrogens with zero attached hydrogens (tertiary/aromatic N) is 1. The van der Waals surface area contributed by atoms with E-state index in [4.69, 9.17) is 2.74 Å². The Labute approximate surface area is 206 Å². The molecule has 0 unspecified atom stereocenters. The van der Waals surface area contributed by atoms with Crippen molar-refractivity contribution in [3.63, 3.8) is 0 Å². The van der Waals surface area contributed by atoms with Crippen molar-refractivity contribution < 1.29 is 13.0 Å². The quantitative estimate of drug-likeness (QED) is 0.356. The molecule has 2 N–H and O–H groups in total. The molecule has 184 valence electrons. The van der Waals surface area contributed by atoms with Gasteiger partial charge in [-0.2, -0.15) is 0 Å². The van der Waals surface area contributed by atoms with Crippen molar-refractivity contribution in [1.82, 2.24) is 4.90 Å². The number of likely N-dealkylation sites (tertiary alicyclic amines) is 1. The molecular formula is C29H47NO2Si. The molecule has 2 atom stereocenters. The highest BCUT2D eigenvalue weighted by Gasteiger charge is 2.41. The summed E-state index contributed by atoms with van der Waals surface area (Å²) < 4.78 is 18.3. The predicted molar refractivity (Wildman–Crippen MR) is 142 cm³/mol. The molecule has 0 radical (unpaired) electrons. The summed E-state index contributed by atoms with van der Waals surface area (Å²) in [4.78, 5) is 1.87. The molecule has 1 heterocycles. The number of aliphatic hydroxyl groups is 2. The molecule has 1 aromatic carbocycles. The average molecular weight is 472 g/mol. The first kappa shape index (κ1) is 23.6. The van der Waals surface area contributed by atoms with Gasteiger partial charge in [-0.05, 0) is 85.0 Å². The third-order valence-corrected chi connectivity index (χ3v) is 14.5. The molecule has 0 aromatic heterocycles. The van der Waals surface area contributed by atoms with E-state index >= 15 is 0 Å². The van der Waals surface area contributed by atoms with Crippen LogP contribution < -0.4 is 0 Å². The van der Waals surface area contributed by atoms with Crippen LogP contribution in [-0.2, 0) is 6.50 Å². The smallest absolute Gasteiger partial charge is 0.146 e. The summed E-state index contributed by atoms with van der Waals surface area (Å²) in [5.74, 6) is 3.82.